The Morgan fingerprint density at radius 1 is 1.08 bits per heavy atom. The third-order valence-corrected chi connectivity index (χ3v) is 4.06. The Balaban J connectivity index is 2.30. The summed E-state index contributed by atoms with van der Waals surface area (Å²) in [6, 6.07) is 8.11. The standard InChI is InChI=1S/C15H16N2O6S/c1-22-13-6-3-9(7-11(13)16)15(18)17-12-5-4-10(24(19,20)21)8-14(12)23-2/h3-8H,16H2,1-2H3,(H,17,18)(H,19,20,21). The van der Waals surface area contributed by atoms with E-state index >= 15 is 0 Å². The molecule has 8 nitrogen and oxygen atoms in total. The molecule has 0 aliphatic rings. The highest BCUT2D eigenvalue weighted by Gasteiger charge is 2.16. The Labute approximate surface area is 138 Å². The molecule has 0 heterocycles. The van der Waals surface area contributed by atoms with Gasteiger partial charge in [-0.3, -0.25) is 9.35 Å². The molecule has 4 N–H and O–H groups in total. The molecule has 128 valence electrons. The quantitative estimate of drug-likeness (QED) is 0.553. The first-order chi connectivity index (χ1) is 11.3. The number of hydrogen-bond acceptors (Lipinski definition) is 6. The van der Waals surface area contributed by atoms with Gasteiger partial charge >= 0.3 is 0 Å². The van der Waals surface area contributed by atoms with E-state index < -0.39 is 16.0 Å². The molecular formula is C15H16N2O6S. The summed E-state index contributed by atoms with van der Waals surface area (Å²) in [5.41, 5.74) is 6.59. The molecule has 2 rings (SSSR count). The van der Waals surface area contributed by atoms with Crippen molar-refractivity contribution in [3.05, 3.63) is 42.0 Å². The molecule has 0 bridgehead atoms. The Morgan fingerprint density at radius 3 is 2.29 bits per heavy atom. The number of rotatable bonds is 5. The highest BCUT2D eigenvalue weighted by atomic mass is 32.2. The van der Waals surface area contributed by atoms with E-state index in [4.69, 9.17) is 19.8 Å². The second-order valence-corrected chi connectivity index (χ2v) is 6.17. The van der Waals surface area contributed by atoms with Crippen LogP contribution < -0.4 is 20.5 Å². The van der Waals surface area contributed by atoms with Crippen LogP contribution in [0, 0.1) is 0 Å². The lowest BCUT2D eigenvalue weighted by molar-refractivity contribution is 0.102. The van der Waals surface area contributed by atoms with Crippen LogP contribution in [0.2, 0.25) is 0 Å². The average molecular weight is 352 g/mol. The van der Waals surface area contributed by atoms with Crippen LogP contribution in [-0.4, -0.2) is 33.1 Å². The lowest BCUT2D eigenvalue weighted by Crippen LogP contribution is -2.13. The van der Waals surface area contributed by atoms with Crippen molar-refractivity contribution in [1.82, 2.24) is 0 Å². The maximum absolute atomic E-state index is 12.3. The number of carbonyl (C=O) groups excluding carboxylic acids is 1. The zero-order valence-electron chi connectivity index (χ0n) is 12.9. The number of amides is 1. The molecule has 0 unspecified atom stereocenters. The predicted molar refractivity (Wildman–Crippen MR) is 88.2 cm³/mol. The lowest BCUT2D eigenvalue weighted by Gasteiger charge is -2.12. The molecule has 0 aromatic heterocycles. The number of methoxy groups -OCH3 is 2. The first-order valence-electron chi connectivity index (χ1n) is 6.66. The molecule has 0 aliphatic carbocycles. The molecule has 0 aliphatic heterocycles. The summed E-state index contributed by atoms with van der Waals surface area (Å²) in [5.74, 6) is 0.0591. The van der Waals surface area contributed by atoms with E-state index in [-0.39, 0.29) is 21.9 Å². The molecule has 2 aromatic rings. The number of ether oxygens (including phenoxy) is 2. The first kappa shape index (κ1) is 17.6. The normalized spacial score (nSPS) is 11.0. The Hall–Kier alpha value is -2.78. The Kier molecular flexibility index (Phi) is 4.96. The number of anilines is 2. The number of nitrogens with two attached hydrogens (primary N) is 1. The van der Waals surface area contributed by atoms with Gasteiger partial charge in [0, 0.05) is 11.6 Å². The Morgan fingerprint density at radius 2 is 1.75 bits per heavy atom. The average Bonchev–Trinajstić information content (AvgIpc) is 2.54. The van der Waals surface area contributed by atoms with Crippen molar-refractivity contribution in [2.24, 2.45) is 0 Å². The summed E-state index contributed by atoms with van der Waals surface area (Å²) in [6.07, 6.45) is 0. The van der Waals surface area contributed by atoms with E-state index in [9.17, 15) is 13.2 Å². The van der Waals surface area contributed by atoms with Crippen molar-refractivity contribution < 1.29 is 27.2 Å². The lowest BCUT2D eigenvalue weighted by atomic mass is 10.1. The van der Waals surface area contributed by atoms with Crippen LogP contribution in [-0.2, 0) is 10.1 Å². The van der Waals surface area contributed by atoms with Gasteiger partial charge in [0.1, 0.15) is 11.5 Å². The van der Waals surface area contributed by atoms with E-state index in [1.165, 1.54) is 32.4 Å². The second kappa shape index (κ2) is 6.77. The molecule has 0 saturated carbocycles. The minimum atomic E-state index is -4.37. The summed E-state index contributed by atoms with van der Waals surface area (Å²) >= 11 is 0. The van der Waals surface area contributed by atoms with Crippen LogP contribution in [0.15, 0.2) is 41.3 Å². The smallest absolute Gasteiger partial charge is 0.294 e. The summed E-state index contributed by atoms with van der Waals surface area (Å²) in [5, 5.41) is 2.58. The van der Waals surface area contributed by atoms with Crippen molar-refractivity contribution in [2.45, 2.75) is 4.90 Å². The van der Waals surface area contributed by atoms with Crippen LogP contribution in [0.3, 0.4) is 0 Å². The number of hydrogen-bond donors (Lipinski definition) is 3. The van der Waals surface area contributed by atoms with Crippen LogP contribution >= 0.6 is 0 Å². The van der Waals surface area contributed by atoms with Gasteiger partial charge < -0.3 is 20.5 Å². The fourth-order valence-electron chi connectivity index (χ4n) is 2.01. The highest BCUT2D eigenvalue weighted by molar-refractivity contribution is 7.85. The molecule has 0 spiro atoms. The van der Waals surface area contributed by atoms with Gasteiger partial charge in [-0.25, -0.2) is 0 Å². The topological polar surface area (TPSA) is 128 Å². The largest absolute Gasteiger partial charge is 0.495 e. The summed E-state index contributed by atoms with van der Waals surface area (Å²) < 4.78 is 41.4. The van der Waals surface area contributed by atoms with E-state index in [0.717, 1.165) is 12.1 Å². The van der Waals surface area contributed by atoms with Gasteiger partial charge in [-0.2, -0.15) is 8.42 Å². The fourth-order valence-corrected chi connectivity index (χ4v) is 2.50. The van der Waals surface area contributed by atoms with Gasteiger partial charge in [-0.15, -0.1) is 0 Å². The van der Waals surface area contributed by atoms with Crippen molar-refractivity contribution in [3.63, 3.8) is 0 Å². The third-order valence-electron chi connectivity index (χ3n) is 3.21. The molecule has 0 radical (unpaired) electrons. The van der Waals surface area contributed by atoms with Gasteiger partial charge in [-0.1, -0.05) is 0 Å². The van der Waals surface area contributed by atoms with Crippen LogP contribution in [0.5, 0.6) is 11.5 Å². The van der Waals surface area contributed by atoms with Gasteiger partial charge in [0.05, 0.1) is 30.5 Å². The monoisotopic (exact) mass is 352 g/mol. The molecule has 0 atom stereocenters. The summed E-state index contributed by atoms with van der Waals surface area (Å²) in [7, 11) is -1.59. The van der Waals surface area contributed by atoms with Crippen LogP contribution in [0.4, 0.5) is 11.4 Å². The van der Waals surface area contributed by atoms with E-state index in [1.54, 1.807) is 6.07 Å². The van der Waals surface area contributed by atoms with Gasteiger partial charge in [0.25, 0.3) is 16.0 Å². The summed E-state index contributed by atoms with van der Waals surface area (Å²) in [4.78, 5) is 11.9. The van der Waals surface area contributed by atoms with E-state index in [2.05, 4.69) is 5.32 Å². The number of carbonyl (C=O) groups is 1. The number of nitrogens with one attached hydrogen (secondary N) is 1. The van der Waals surface area contributed by atoms with Crippen molar-refractivity contribution in [2.75, 3.05) is 25.3 Å². The summed E-state index contributed by atoms with van der Waals surface area (Å²) in [6.45, 7) is 0. The van der Waals surface area contributed by atoms with E-state index in [0.29, 0.717) is 11.4 Å². The molecule has 9 heteroatoms. The maximum atomic E-state index is 12.3. The van der Waals surface area contributed by atoms with Crippen molar-refractivity contribution >= 4 is 27.4 Å². The predicted octanol–water partition coefficient (Wildman–Crippen LogP) is 1.78. The third kappa shape index (κ3) is 3.76. The van der Waals surface area contributed by atoms with Gasteiger partial charge in [-0.05, 0) is 30.3 Å². The van der Waals surface area contributed by atoms with Crippen LogP contribution in [0.1, 0.15) is 10.4 Å². The van der Waals surface area contributed by atoms with Gasteiger partial charge in [0.2, 0.25) is 0 Å². The maximum Gasteiger partial charge on any atom is 0.294 e. The molecule has 0 fully saturated rings. The minimum Gasteiger partial charge on any atom is -0.495 e. The number of benzene rings is 2. The zero-order chi connectivity index (χ0) is 17.9. The first-order valence-corrected chi connectivity index (χ1v) is 8.10. The van der Waals surface area contributed by atoms with Crippen molar-refractivity contribution in [3.8, 4) is 11.5 Å². The highest BCUT2D eigenvalue weighted by Crippen LogP contribution is 2.29. The van der Waals surface area contributed by atoms with E-state index in [1.807, 2.05) is 0 Å². The zero-order valence-corrected chi connectivity index (χ0v) is 13.8. The Bertz CT molecular complexity index is 880. The van der Waals surface area contributed by atoms with Crippen molar-refractivity contribution in [1.29, 1.82) is 0 Å². The van der Waals surface area contributed by atoms with Gasteiger partial charge in [0.15, 0.2) is 0 Å². The molecule has 2 aromatic carbocycles. The fraction of sp³-hybridized carbons (Fsp3) is 0.133. The molecule has 0 saturated heterocycles. The second-order valence-electron chi connectivity index (χ2n) is 4.75. The molecule has 24 heavy (non-hydrogen) atoms. The minimum absolute atomic E-state index is 0.0833. The molecular weight excluding hydrogens is 336 g/mol. The van der Waals surface area contributed by atoms with Crippen LogP contribution in [0.25, 0.3) is 0 Å². The number of nitrogen functional groups attached to an aromatic ring is 1. The SMILES string of the molecule is COc1ccc(C(=O)Nc2ccc(S(=O)(=O)O)cc2OC)cc1N. The molecule has 1 amide bonds.